The summed E-state index contributed by atoms with van der Waals surface area (Å²) < 4.78 is 10.9. The molecule has 5 nitrogen and oxygen atoms in total. The Labute approximate surface area is 127 Å². The Morgan fingerprint density at radius 3 is 3.05 bits per heavy atom. The average Bonchev–Trinajstić information content (AvgIpc) is 3.17. The smallest absolute Gasteiger partial charge is 0.191 e. The zero-order valence-electron chi connectivity index (χ0n) is 12.9. The quantitative estimate of drug-likeness (QED) is 0.394. The number of furan rings is 1. The van der Waals surface area contributed by atoms with E-state index in [9.17, 15) is 0 Å². The number of aliphatic imine (C=N–C) groups is 1. The summed E-state index contributed by atoms with van der Waals surface area (Å²) in [6, 6.07) is 3.90. The third kappa shape index (κ3) is 7.18. The molecule has 1 saturated carbocycles. The fourth-order valence-corrected chi connectivity index (χ4v) is 1.99. The summed E-state index contributed by atoms with van der Waals surface area (Å²) in [7, 11) is 0. The maximum atomic E-state index is 5.61. The standard InChI is InChI=1S/C16H27N3O2/c1-2-17-16(19-10-8-15-5-3-12-21-15)18-9-4-11-20-13-14-6-7-14/h3,5,12,14H,2,4,6-11,13H2,1H3,(H2,17,18,19). The highest BCUT2D eigenvalue weighted by Gasteiger charge is 2.20. The van der Waals surface area contributed by atoms with Crippen molar-refractivity contribution < 1.29 is 9.15 Å². The molecular formula is C16H27N3O2. The number of ether oxygens (including phenoxy) is 1. The van der Waals surface area contributed by atoms with Crippen LogP contribution in [0, 0.1) is 5.92 Å². The van der Waals surface area contributed by atoms with Gasteiger partial charge in [0.05, 0.1) is 6.26 Å². The van der Waals surface area contributed by atoms with E-state index in [4.69, 9.17) is 9.15 Å². The first kappa shape index (κ1) is 15.9. The zero-order valence-corrected chi connectivity index (χ0v) is 12.9. The average molecular weight is 293 g/mol. The summed E-state index contributed by atoms with van der Waals surface area (Å²) in [4.78, 5) is 4.55. The second-order valence-corrected chi connectivity index (χ2v) is 5.39. The van der Waals surface area contributed by atoms with Crippen molar-refractivity contribution in [2.75, 3.05) is 32.8 Å². The van der Waals surface area contributed by atoms with Gasteiger partial charge in [-0.15, -0.1) is 0 Å². The monoisotopic (exact) mass is 293 g/mol. The lowest BCUT2D eigenvalue weighted by atomic mass is 10.3. The fraction of sp³-hybridized carbons (Fsp3) is 0.688. The molecule has 1 aromatic rings. The molecule has 0 spiro atoms. The Morgan fingerprint density at radius 2 is 2.33 bits per heavy atom. The zero-order chi connectivity index (χ0) is 14.8. The predicted octanol–water partition coefficient (Wildman–Crippen LogP) is 2.19. The number of nitrogens with zero attached hydrogens (tertiary/aromatic N) is 1. The molecular weight excluding hydrogens is 266 g/mol. The highest BCUT2D eigenvalue weighted by atomic mass is 16.5. The maximum absolute atomic E-state index is 5.61. The van der Waals surface area contributed by atoms with Gasteiger partial charge in [0.2, 0.25) is 0 Å². The van der Waals surface area contributed by atoms with Gasteiger partial charge in [-0.3, -0.25) is 4.99 Å². The molecule has 1 fully saturated rings. The van der Waals surface area contributed by atoms with Crippen LogP contribution in [0.5, 0.6) is 0 Å². The van der Waals surface area contributed by atoms with E-state index in [-0.39, 0.29) is 0 Å². The van der Waals surface area contributed by atoms with Crippen LogP contribution in [0.4, 0.5) is 0 Å². The van der Waals surface area contributed by atoms with Gasteiger partial charge >= 0.3 is 0 Å². The Kier molecular flexibility index (Phi) is 7.15. The molecule has 5 heteroatoms. The van der Waals surface area contributed by atoms with Crippen molar-refractivity contribution in [1.82, 2.24) is 10.6 Å². The predicted molar refractivity (Wildman–Crippen MR) is 84.6 cm³/mol. The first-order valence-electron chi connectivity index (χ1n) is 8.00. The van der Waals surface area contributed by atoms with Crippen LogP contribution >= 0.6 is 0 Å². The van der Waals surface area contributed by atoms with E-state index in [1.54, 1.807) is 6.26 Å². The highest BCUT2D eigenvalue weighted by Crippen LogP contribution is 2.28. The lowest BCUT2D eigenvalue weighted by Gasteiger charge is -2.10. The fourth-order valence-electron chi connectivity index (χ4n) is 1.99. The number of guanidine groups is 1. The van der Waals surface area contributed by atoms with E-state index >= 15 is 0 Å². The molecule has 1 aliphatic rings. The van der Waals surface area contributed by atoms with Gasteiger partial charge in [-0.25, -0.2) is 0 Å². The molecule has 0 bridgehead atoms. The molecule has 2 N–H and O–H groups in total. The first-order chi connectivity index (χ1) is 10.4. The lowest BCUT2D eigenvalue weighted by molar-refractivity contribution is 0.123. The van der Waals surface area contributed by atoms with Crippen LogP contribution in [-0.2, 0) is 11.2 Å². The van der Waals surface area contributed by atoms with Crippen LogP contribution in [0.15, 0.2) is 27.8 Å². The number of hydrogen-bond donors (Lipinski definition) is 2. The molecule has 0 aromatic carbocycles. The van der Waals surface area contributed by atoms with Crippen LogP contribution in [-0.4, -0.2) is 38.8 Å². The highest BCUT2D eigenvalue weighted by molar-refractivity contribution is 5.79. The SMILES string of the molecule is CCNC(=NCCCOCC1CC1)NCCc1ccco1. The molecule has 0 atom stereocenters. The normalized spacial score (nSPS) is 15.2. The molecule has 0 aliphatic heterocycles. The molecule has 118 valence electrons. The molecule has 1 aromatic heterocycles. The van der Waals surface area contributed by atoms with E-state index < -0.39 is 0 Å². The molecule has 1 aliphatic carbocycles. The summed E-state index contributed by atoms with van der Waals surface area (Å²) in [6.07, 6.45) is 6.24. The number of nitrogens with one attached hydrogen (secondary N) is 2. The topological polar surface area (TPSA) is 58.8 Å². The van der Waals surface area contributed by atoms with Crippen LogP contribution in [0.2, 0.25) is 0 Å². The minimum Gasteiger partial charge on any atom is -0.469 e. The van der Waals surface area contributed by atoms with Gasteiger partial charge < -0.3 is 19.8 Å². The Balaban J connectivity index is 1.56. The second-order valence-electron chi connectivity index (χ2n) is 5.39. The van der Waals surface area contributed by atoms with Crippen molar-refractivity contribution in [2.45, 2.75) is 32.6 Å². The van der Waals surface area contributed by atoms with Crippen LogP contribution in [0.25, 0.3) is 0 Å². The minimum atomic E-state index is 0.792. The van der Waals surface area contributed by atoms with Gasteiger partial charge in [0.1, 0.15) is 5.76 Å². The van der Waals surface area contributed by atoms with Crippen LogP contribution in [0.1, 0.15) is 31.9 Å². The molecule has 2 rings (SSSR count). The lowest BCUT2D eigenvalue weighted by Crippen LogP contribution is -2.38. The van der Waals surface area contributed by atoms with Gasteiger partial charge in [-0.2, -0.15) is 0 Å². The Bertz CT molecular complexity index is 400. The summed E-state index contributed by atoms with van der Waals surface area (Å²) in [5.41, 5.74) is 0. The molecule has 0 radical (unpaired) electrons. The molecule has 1 heterocycles. The molecule has 0 unspecified atom stereocenters. The molecule has 21 heavy (non-hydrogen) atoms. The summed E-state index contributed by atoms with van der Waals surface area (Å²) in [6.45, 7) is 6.29. The van der Waals surface area contributed by atoms with Crippen molar-refractivity contribution in [2.24, 2.45) is 10.9 Å². The first-order valence-corrected chi connectivity index (χ1v) is 8.00. The van der Waals surface area contributed by atoms with Crippen molar-refractivity contribution in [3.8, 4) is 0 Å². The third-order valence-corrected chi connectivity index (χ3v) is 3.36. The summed E-state index contributed by atoms with van der Waals surface area (Å²) >= 11 is 0. The van der Waals surface area contributed by atoms with Crippen molar-refractivity contribution >= 4 is 5.96 Å². The van der Waals surface area contributed by atoms with Gasteiger partial charge in [0, 0.05) is 39.3 Å². The van der Waals surface area contributed by atoms with Gasteiger partial charge in [-0.1, -0.05) is 0 Å². The number of rotatable bonds is 10. The van der Waals surface area contributed by atoms with Crippen molar-refractivity contribution in [1.29, 1.82) is 0 Å². The van der Waals surface area contributed by atoms with Crippen LogP contribution < -0.4 is 10.6 Å². The number of hydrogen-bond acceptors (Lipinski definition) is 3. The van der Waals surface area contributed by atoms with Crippen LogP contribution in [0.3, 0.4) is 0 Å². The third-order valence-electron chi connectivity index (χ3n) is 3.36. The largest absolute Gasteiger partial charge is 0.469 e. The van der Waals surface area contributed by atoms with E-state index in [0.717, 1.165) is 63.3 Å². The summed E-state index contributed by atoms with van der Waals surface area (Å²) in [5.74, 6) is 2.70. The molecule has 0 amide bonds. The minimum absolute atomic E-state index is 0.792. The van der Waals surface area contributed by atoms with Gasteiger partial charge in [0.15, 0.2) is 5.96 Å². The summed E-state index contributed by atoms with van der Waals surface area (Å²) in [5, 5.41) is 6.57. The second kappa shape index (κ2) is 9.45. The van der Waals surface area contributed by atoms with Gasteiger partial charge in [-0.05, 0) is 44.2 Å². The van der Waals surface area contributed by atoms with Crippen molar-refractivity contribution in [3.05, 3.63) is 24.2 Å². The van der Waals surface area contributed by atoms with E-state index in [1.807, 2.05) is 12.1 Å². The molecule has 0 saturated heterocycles. The van der Waals surface area contributed by atoms with Gasteiger partial charge in [0.25, 0.3) is 0 Å². The Hall–Kier alpha value is -1.49. The van der Waals surface area contributed by atoms with Crippen molar-refractivity contribution in [3.63, 3.8) is 0 Å². The Morgan fingerprint density at radius 1 is 1.43 bits per heavy atom. The maximum Gasteiger partial charge on any atom is 0.191 e. The van der Waals surface area contributed by atoms with E-state index in [1.165, 1.54) is 12.8 Å². The van der Waals surface area contributed by atoms with E-state index in [2.05, 4.69) is 22.5 Å². The van der Waals surface area contributed by atoms with E-state index in [0.29, 0.717) is 0 Å².